The lowest BCUT2D eigenvalue weighted by Gasteiger charge is -2.23. The number of esters is 1. The summed E-state index contributed by atoms with van der Waals surface area (Å²) in [6.45, 7) is 1.87. The number of carbonyl (C=O) groups excluding carboxylic acids is 1. The quantitative estimate of drug-likeness (QED) is 0.353. The summed E-state index contributed by atoms with van der Waals surface area (Å²) in [6.07, 6.45) is 7.62. The van der Waals surface area contributed by atoms with Gasteiger partial charge in [0.15, 0.2) is 0 Å². The molecule has 0 spiro atoms. The topological polar surface area (TPSA) is 102 Å². The van der Waals surface area contributed by atoms with Gasteiger partial charge in [0.05, 0.1) is 38.1 Å². The molecule has 3 atom stereocenters. The van der Waals surface area contributed by atoms with Crippen molar-refractivity contribution in [2.24, 2.45) is 11.8 Å². The van der Waals surface area contributed by atoms with E-state index in [2.05, 4.69) is 9.97 Å². The van der Waals surface area contributed by atoms with E-state index in [1.807, 2.05) is 19.1 Å². The third kappa shape index (κ3) is 6.14. The van der Waals surface area contributed by atoms with Gasteiger partial charge in [-0.3, -0.25) is 9.78 Å². The highest BCUT2D eigenvalue weighted by Gasteiger charge is 2.39. The number of carbonyl (C=O) groups is 1. The van der Waals surface area contributed by atoms with E-state index in [9.17, 15) is 19.4 Å². The van der Waals surface area contributed by atoms with Gasteiger partial charge in [-0.2, -0.15) is 0 Å². The normalized spacial score (nSPS) is 15.8. The fraction of sp³-hybridized carbons (Fsp3) is 0.345. The second-order valence-corrected chi connectivity index (χ2v) is 9.33. The zero-order chi connectivity index (χ0) is 26.5. The highest BCUT2D eigenvalue weighted by molar-refractivity contribution is 5.73. The zero-order valence-corrected chi connectivity index (χ0v) is 21.1. The molecule has 3 aromatic rings. The Kier molecular flexibility index (Phi) is 8.18. The Morgan fingerprint density at radius 3 is 2.57 bits per heavy atom. The third-order valence-corrected chi connectivity index (χ3v) is 6.82. The second-order valence-electron chi connectivity index (χ2n) is 9.33. The minimum Gasteiger partial charge on any atom is -0.507 e. The summed E-state index contributed by atoms with van der Waals surface area (Å²) in [7, 11) is 2.85. The van der Waals surface area contributed by atoms with Gasteiger partial charge in [-0.25, -0.2) is 9.37 Å². The lowest BCUT2D eigenvalue weighted by atomic mass is 9.83. The summed E-state index contributed by atoms with van der Waals surface area (Å²) < 4.78 is 24.2. The maximum atomic E-state index is 14.2. The summed E-state index contributed by atoms with van der Waals surface area (Å²) in [5, 5.41) is 21.2. The van der Waals surface area contributed by atoms with Crippen molar-refractivity contribution in [3.8, 4) is 22.8 Å². The van der Waals surface area contributed by atoms with Crippen molar-refractivity contribution >= 4 is 12.0 Å². The van der Waals surface area contributed by atoms with E-state index in [1.54, 1.807) is 30.4 Å². The van der Waals surface area contributed by atoms with Gasteiger partial charge in [0.1, 0.15) is 11.6 Å². The van der Waals surface area contributed by atoms with Crippen LogP contribution >= 0.6 is 0 Å². The Balaban J connectivity index is 1.41. The van der Waals surface area contributed by atoms with Crippen molar-refractivity contribution in [1.82, 2.24) is 9.97 Å². The van der Waals surface area contributed by atoms with Crippen molar-refractivity contribution in [2.75, 3.05) is 14.2 Å². The van der Waals surface area contributed by atoms with Crippen LogP contribution in [0.5, 0.6) is 11.6 Å². The second kappa shape index (κ2) is 11.5. The van der Waals surface area contributed by atoms with Crippen molar-refractivity contribution in [2.45, 2.75) is 38.2 Å². The first-order valence-electron chi connectivity index (χ1n) is 12.2. The number of aromatic hydroxyl groups is 1. The van der Waals surface area contributed by atoms with Gasteiger partial charge in [0.2, 0.25) is 5.88 Å². The summed E-state index contributed by atoms with van der Waals surface area (Å²) in [6, 6.07) is 10.3. The molecule has 2 aromatic heterocycles. The number of hydrogen-bond donors (Lipinski definition) is 2. The van der Waals surface area contributed by atoms with E-state index < -0.39 is 11.9 Å². The fourth-order valence-corrected chi connectivity index (χ4v) is 4.62. The predicted molar refractivity (Wildman–Crippen MR) is 137 cm³/mol. The first kappa shape index (κ1) is 26.3. The highest BCUT2D eigenvalue weighted by Crippen LogP contribution is 2.47. The van der Waals surface area contributed by atoms with Gasteiger partial charge in [0.25, 0.3) is 0 Å². The van der Waals surface area contributed by atoms with Gasteiger partial charge in [-0.1, -0.05) is 37.3 Å². The molecule has 1 unspecified atom stereocenters. The molecule has 4 rings (SSSR count). The predicted octanol–water partition coefficient (Wildman–Crippen LogP) is 5.44. The molecule has 0 amide bonds. The number of halogens is 1. The third-order valence-electron chi connectivity index (χ3n) is 6.82. The van der Waals surface area contributed by atoms with E-state index >= 15 is 0 Å². The molecule has 194 valence electrons. The van der Waals surface area contributed by atoms with Crippen LogP contribution in [0.25, 0.3) is 17.2 Å². The zero-order valence-electron chi connectivity index (χ0n) is 21.1. The van der Waals surface area contributed by atoms with Crippen LogP contribution in [0.2, 0.25) is 0 Å². The largest absolute Gasteiger partial charge is 0.507 e. The van der Waals surface area contributed by atoms with Crippen molar-refractivity contribution in [1.29, 1.82) is 0 Å². The Morgan fingerprint density at radius 2 is 1.95 bits per heavy atom. The molecule has 1 aromatic carbocycles. The molecular formula is C29H31FN2O5. The maximum Gasteiger partial charge on any atom is 0.309 e. The molecule has 2 heterocycles. The van der Waals surface area contributed by atoms with Crippen molar-refractivity contribution < 1.29 is 28.9 Å². The molecule has 0 aliphatic heterocycles. The van der Waals surface area contributed by atoms with E-state index in [1.165, 1.54) is 26.5 Å². The Hall–Kier alpha value is -3.78. The number of methoxy groups -OCH3 is 2. The highest BCUT2D eigenvalue weighted by atomic mass is 19.1. The van der Waals surface area contributed by atoms with Crippen LogP contribution in [-0.4, -0.2) is 40.4 Å². The maximum absolute atomic E-state index is 14.2. The van der Waals surface area contributed by atoms with Gasteiger partial charge >= 0.3 is 5.97 Å². The first-order chi connectivity index (χ1) is 17.8. The monoisotopic (exact) mass is 506 g/mol. The molecule has 0 saturated heterocycles. The number of phenolic OH excluding ortho intramolecular Hbond substituents is 1. The fourth-order valence-electron chi connectivity index (χ4n) is 4.62. The Bertz CT molecular complexity index is 1270. The van der Waals surface area contributed by atoms with Crippen molar-refractivity contribution in [3.05, 3.63) is 77.5 Å². The standard InChI is InChI=1S/C29H31FN2O5/c1-17(29(35)37-3)28(19-8-9-19)20-10-7-18(26(34)13-20)5-4-6-25(33)24-12-11-21(15-31-24)22-14-27(36-2)32-16-23(22)30/h4-5,7,10-17,19,25,28,33-34H,6,8-9H2,1-3H3/t17-,25?,28-/m0/s1. The number of nitrogens with zero attached hydrogens (tertiary/aromatic N) is 2. The van der Waals surface area contributed by atoms with E-state index in [0.29, 0.717) is 34.2 Å². The number of aromatic nitrogens is 2. The number of rotatable bonds is 10. The Labute approximate surface area is 215 Å². The average Bonchev–Trinajstić information content (AvgIpc) is 3.75. The summed E-state index contributed by atoms with van der Waals surface area (Å²) in [5.41, 5.74) is 2.83. The van der Waals surface area contributed by atoms with E-state index in [-0.39, 0.29) is 30.0 Å². The summed E-state index contributed by atoms with van der Waals surface area (Å²) in [4.78, 5) is 20.2. The summed E-state index contributed by atoms with van der Waals surface area (Å²) >= 11 is 0. The van der Waals surface area contributed by atoms with Crippen LogP contribution in [0, 0.1) is 17.7 Å². The molecule has 7 nitrogen and oxygen atoms in total. The molecule has 2 N–H and O–H groups in total. The number of aliphatic hydroxyl groups is 1. The lowest BCUT2D eigenvalue weighted by molar-refractivity contribution is -0.145. The number of benzene rings is 1. The number of ether oxygens (including phenoxy) is 2. The van der Waals surface area contributed by atoms with Crippen LogP contribution in [0.1, 0.15) is 55.0 Å². The molecular weight excluding hydrogens is 475 g/mol. The Morgan fingerprint density at radius 1 is 1.16 bits per heavy atom. The summed E-state index contributed by atoms with van der Waals surface area (Å²) in [5.74, 6) is -0.194. The average molecular weight is 507 g/mol. The van der Waals surface area contributed by atoms with Crippen LogP contribution in [0.3, 0.4) is 0 Å². The number of phenols is 1. The molecule has 0 bridgehead atoms. The molecule has 1 saturated carbocycles. The molecule has 1 fully saturated rings. The molecule has 1 aliphatic carbocycles. The van der Waals surface area contributed by atoms with Crippen LogP contribution in [0.15, 0.2) is 54.9 Å². The van der Waals surface area contributed by atoms with Gasteiger partial charge < -0.3 is 19.7 Å². The number of pyridine rings is 2. The van der Waals surface area contributed by atoms with Crippen molar-refractivity contribution in [3.63, 3.8) is 0 Å². The van der Waals surface area contributed by atoms with Gasteiger partial charge in [0, 0.05) is 29.0 Å². The van der Waals surface area contributed by atoms with E-state index in [0.717, 1.165) is 24.6 Å². The van der Waals surface area contributed by atoms with Gasteiger partial charge in [-0.05, 0) is 48.8 Å². The van der Waals surface area contributed by atoms with Crippen LogP contribution in [0.4, 0.5) is 4.39 Å². The SMILES string of the molecule is COC(=O)[C@@H](C)[C@H](c1ccc(C=CCC(O)c2ccc(-c3cc(OC)ncc3F)cn2)c(O)c1)C1CC1. The number of aliphatic hydroxyl groups excluding tert-OH is 1. The first-order valence-corrected chi connectivity index (χ1v) is 12.2. The molecule has 37 heavy (non-hydrogen) atoms. The lowest BCUT2D eigenvalue weighted by Crippen LogP contribution is -2.22. The molecule has 1 aliphatic rings. The molecule has 0 radical (unpaired) electrons. The minimum atomic E-state index is -0.872. The minimum absolute atomic E-state index is 0.00830. The molecule has 8 heteroatoms. The van der Waals surface area contributed by atoms with Crippen LogP contribution in [-0.2, 0) is 9.53 Å². The van der Waals surface area contributed by atoms with E-state index in [4.69, 9.17) is 9.47 Å². The number of hydrogen-bond acceptors (Lipinski definition) is 7. The van der Waals surface area contributed by atoms with Crippen LogP contribution < -0.4 is 4.74 Å². The smallest absolute Gasteiger partial charge is 0.309 e. The van der Waals surface area contributed by atoms with Gasteiger partial charge in [-0.15, -0.1) is 0 Å².